The summed E-state index contributed by atoms with van der Waals surface area (Å²) in [6, 6.07) is 10.5. The zero-order valence-corrected chi connectivity index (χ0v) is 11.1. The van der Waals surface area contributed by atoms with E-state index in [9.17, 15) is 8.42 Å². The van der Waals surface area contributed by atoms with E-state index in [1.807, 2.05) is 12.1 Å². The summed E-state index contributed by atoms with van der Waals surface area (Å²) < 4.78 is 24.4. The monoisotopic (exact) mass is 274 g/mol. The summed E-state index contributed by atoms with van der Waals surface area (Å²) in [6.45, 7) is 0. The molecule has 3 rings (SSSR count). The van der Waals surface area contributed by atoms with Crippen LogP contribution < -0.4 is 5.73 Å². The Balaban J connectivity index is 2.02. The molecule has 0 aliphatic heterocycles. The van der Waals surface area contributed by atoms with E-state index in [2.05, 4.69) is 4.98 Å². The maximum absolute atomic E-state index is 12.2. The van der Waals surface area contributed by atoms with Gasteiger partial charge in [-0.05, 0) is 42.7 Å². The molecule has 1 heterocycles. The van der Waals surface area contributed by atoms with Crippen LogP contribution in [0.15, 0.2) is 47.5 Å². The number of nitrogens with zero attached hydrogens (tertiary/aromatic N) is 1. The molecule has 98 valence electrons. The fraction of sp³-hybridized carbons (Fsp3) is 0.214. The molecule has 1 aliphatic rings. The summed E-state index contributed by atoms with van der Waals surface area (Å²) in [7, 11) is -3.15. The van der Waals surface area contributed by atoms with Crippen LogP contribution in [0.4, 0.5) is 5.82 Å². The molecule has 1 aromatic carbocycles. The van der Waals surface area contributed by atoms with Crippen LogP contribution in [0.1, 0.15) is 12.8 Å². The first-order valence-corrected chi connectivity index (χ1v) is 7.68. The van der Waals surface area contributed by atoms with Gasteiger partial charge in [-0.2, -0.15) is 0 Å². The number of pyridine rings is 1. The quantitative estimate of drug-likeness (QED) is 0.931. The fourth-order valence-electron chi connectivity index (χ4n) is 2.00. The van der Waals surface area contributed by atoms with E-state index >= 15 is 0 Å². The van der Waals surface area contributed by atoms with Crippen LogP contribution in [0.3, 0.4) is 0 Å². The van der Waals surface area contributed by atoms with E-state index in [-0.39, 0.29) is 5.25 Å². The van der Waals surface area contributed by atoms with Crippen molar-refractivity contribution in [1.29, 1.82) is 0 Å². The molecule has 2 aromatic rings. The Morgan fingerprint density at radius 1 is 1.11 bits per heavy atom. The second-order valence-electron chi connectivity index (χ2n) is 4.74. The summed E-state index contributed by atoms with van der Waals surface area (Å²) in [5, 5.41) is -0.188. The molecule has 0 saturated heterocycles. The highest BCUT2D eigenvalue weighted by Crippen LogP contribution is 2.34. The lowest BCUT2D eigenvalue weighted by Gasteiger charge is -2.06. The van der Waals surface area contributed by atoms with E-state index in [1.165, 1.54) is 0 Å². The van der Waals surface area contributed by atoms with Crippen LogP contribution in [0.5, 0.6) is 0 Å². The van der Waals surface area contributed by atoms with Crippen LogP contribution in [-0.4, -0.2) is 18.7 Å². The van der Waals surface area contributed by atoms with Crippen LogP contribution in [-0.2, 0) is 9.84 Å². The van der Waals surface area contributed by atoms with Crippen LogP contribution in [0.25, 0.3) is 11.1 Å². The minimum atomic E-state index is -3.15. The Hall–Kier alpha value is -1.88. The average Bonchev–Trinajstić information content (AvgIpc) is 3.24. The topological polar surface area (TPSA) is 73.1 Å². The molecule has 2 N–H and O–H groups in total. The average molecular weight is 274 g/mol. The van der Waals surface area contributed by atoms with Crippen molar-refractivity contribution in [2.75, 3.05) is 5.73 Å². The summed E-state index contributed by atoms with van der Waals surface area (Å²) in [5.41, 5.74) is 7.25. The van der Waals surface area contributed by atoms with E-state index in [4.69, 9.17) is 5.73 Å². The van der Waals surface area contributed by atoms with Gasteiger partial charge < -0.3 is 5.73 Å². The third-order valence-corrected chi connectivity index (χ3v) is 5.51. The van der Waals surface area contributed by atoms with Crippen LogP contribution in [0.2, 0.25) is 0 Å². The molecule has 5 heteroatoms. The Kier molecular flexibility index (Phi) is 2.78. The largest absolute Gasteiger partial charge is 0.384 e. The molecule has 1 aromatic heterocycles. The van der Waals surface area contributed by atoms with Gasteiger partial charge in [-0.3, -0.25) is 0 Å². The van der Waals surface area contributed by atoms with Crippen molar-refractivity contribution in [1.82, 2.24) is 4.98 Å². The number of benzene rings is 1. The first kappa shape index (κ1) is 12.2. The summed E-state index contributed by atoms with van der Waals surface area (Å²) in [4.78, 5) is 4.42. The molecule has 0 unspecified atom stereocenters. The van der Waals surface area contributed by atoms with Gasteiger partial charge in [0, 0.05) is 11.8 Å². The van der Waals surface area contributed by atoms with Gasteiger partial charge in [0.15, 0.2) is 9.84 Å². The third-order valence-electron chi connectivity index (χ3n) is 3.25. The highest BCUT2D eigenvalue weighted by atomic mass is 32.2. The molecule has 1 fully saturated rings. The molecule has 19 heavy (non-hydrogen) atoms. The van der Waals surface area contributed by atoms with Gasteiger partial charge >= 0.3 is 0 Å². The Morgan fingerprint density at radius 2 is 1.89 bits per heavy atom. The molecule has 1 saturated carbocycles. The number of hydrogen-bond donors (Lipinski definition) is 1. The van der Waals surface area contributed by atoms with Gasteiger partial charge in [-0.1, -0.05) is 12.1 Å². The van der Waals surface area contributed by atoms with E-state index in [0.29, 0.717) is 10.7 Å². The summed E-state index contributed by atoms with van der Waals surface area (Å²) in [5.74, 6) is 0.450. The van der Waals surface area contributed by atoms with E-state index in [1.54, 1.807) is 30.5 Å². The molecule has 0 bridgehead atoms. The second kappa shape index (κ2) is 4.35. The molecule has 4 nitrogen and oxygen atoms in total. The van der Waals surface area contributed by atoms with Crippen molar-refractivity contribution in [3.63, 3.8) is 0 Å². The first-order valence-electron chi connectivity index (χ1n) is 6.13. The van der Waals surface area contributed by atoms with Crippen molar-refractivity contribution >= 4 is 15.7 Å². The fourth-order valence-corrected chi connectivity index (χ4v) is 3.70. The molecule has 0 amide bonds. The zero-order valence-electron chi connectivity index (χ0n) is 10.3. The van der Waals surface area contributed by atoms with Crippen LogP contribution in [0, 0.1) is 0 Å². The number of anilines is 1. The predicted molar refractivity (Wildman–Crippen MR) is 74.3 cm³/mol. The van der Waals surface area contributed by atoms with Crippen molar-refractivity contribution in [2.24, 2.45) is 0 Å². The van der Waals surface area contributed by atoms with Crippen LogP contribution >= 0.6 is 0 Å². The van der Waals surface area contributed by atoms with Crippen molar-refractivity contribution < 1.29 is 8.42 Å². The summed E-state index contributed by atoms with van der Waals surface area (Å²) in [6.07, 6.45) is 3.20. The zero-order chi connectivity index (χ0) is 13.5. The number of nitrogens with two attached hydrogens (primary N) is 1. The number of sulfone groups is 1. The Morgan fingerprint density at radius 3 is 2.53 bits per heavy atom. The van der Waals surface area contributed by atoms with Gasteiger partial charge in [0.1, 0.15) is 5.82 Å². The lowest BCUT2D eigenvalue weighted by molar-refractivity contribution is 0.595. The number of hydrogen-bond acceptors (Lipinski definition) is 4. The molecule has 0 atom stereocenters. The third kappa shape index (κ3) is 2.33. The number of rotatable bonds is 3. The molecule has 0 radical (unpaired) electrons. The van der Waals surface area contributed by atoms with Crippen molar-refractivity contribution in [3.8, 4) is 11.1 Å². The minimum Gasteiger partial charge on any atom is -0.384 e. The maximum Gasteiger partial charge on any atom is 0.181 e. The molecule has 1 aliphatic carbocycles. The predicted octanol–water partition coefficient (Wildman–Crippen LogP) is 2.27. The van der Waals surface area contributed by atoms with Gasteiger partial charge in [0.2, 0.25) is 0 Å². The molecule has 0 spiro atoms. The van der Waals surface area contributed by atoms with Gasteiger partial charge in [0.25, 0.3) is 0 Å². The molecular weight excluding hydrogens is 260 g/mol. The highest BCUT2D eigenvalue weighted by Gasteiger charge is 2.36. The number of nitrogen functional groups attached to an aromatic ring is 1. The lowest BCUT2D eigenvalue weighted by atomic mass is 10.1. The second-order valence-corrected chi connectivity index (χ2v) is 6.97. The first-order chi connectivity index (χ1) is 9.07. The summed E-state index contributed by atoms with van der Waals surface area (Å²) >= 11 is 0. The lowest BCUT2D eigenvalue weighted by Crippen LogP contribution is -2.06. The van der Waals surface area contributed by atoms with E-state index < -0.39 is 9.84 Å². The maximum atomic E-state index is 12.2. The molecular formula is C14H14N2O2S. The minimum absolute atomic E-state index is 0.188. The Bertz CT molecular complexity index is 704. The van der Waals surface area contributed by atoms with E-state index in [0.717, 1.165) is 24.0 Å². The Labute approximate surface area is 112 Å². The standard InChI is InChI=1S/C14H14N2O2S/c15-14-7-4-11(9-16-14)10-2-1-3-13(8-10)19(17,18)12-5-6-12/h1-4,7-9,12H,5-6H2,(H2,15,16). The van der Waals surface area contributed by atoms with Gasteiger partial charge in [-0.25, -0.2) is 13.4 Å². The van der Waals surface area contributed by atoms with Crippen molar-refractivity contribution in [2.45, 2.75) is 23.0 Å². The SMILES string of the molecule is Nc1ccc(-c2cccc(S(=O)(=O)C3CC3)c2)cn1. The smallest absolute Gasteiger partial charge is 0.181 e. The van der Waals surface area contributed by atoms with Gasteiger partial charge in [0.05, 0.1) is 10.1 Å². The van der Waals surface area contributed by atoms with Crippen molar-refractivity contribution in [3.05, 3.63) is 42.6 Å². The normalized spacial score (nSPS) is 15.4. The van der Waals surface area contributed by atoms with Gasteiger partial charge in [-0.15, -0.1) is 0 Å². The highest BCUT2D eigenvalue weighted by molar-refractivity contribution is 7.92. The number of aromatic nitrogens is 1.